The Hall–Kier alpha value is -0.610. The Kier molecular flexibility index (Phi) is 5.64. The summed E-state index contributed by atoms with van der Waals surface area (Å²) >= 11 is 0. The fourth-order valence-electron chi connectivity index (χ4n) is 3.26. The van der Waals surface area contributed by atoms with Crippen LogP contribution in [0.15, 0.2) is 0 Å². The van der Waals surface area contributed by atoms with E-state index in [4.69, 9.17) is 5.73 Å². The number of piperidine rings is 1. The molecule has 0 unspecified atom stereocenters. The normalized spacial score (nSPS) is 30.2. The number of hydrogen-bond donors (Lipinski definition) is 2. The summed E-state index contributed by atoms with van der Waals surface area (Å²) in [5.74, 6) is 1.72. The van der Waals surface area contributed by atoms with E-state index in [-0.39, 0.29) is 5.91 Å². The van der Waals surface area contributed by atoms with Gasteiger partial charge in [0.2, 0.25) is 5.91 Å². The molecule has 1 amide bonds. The van der Waals surface area contributed by atoms with Crippen LogP contribution >= 0.6 is 0 Å². The van der Waals surface area contributed by atoms with Crippen LogP contribution in [0.25, 0.3) is 0 Å². The summed E-state index contributed by atoms with van der Waals surface area (Å²) in [4.78, 5) is 14.3. The first kappa shape index (κ1) is 14.8. The largest absolute Gasteiger partial charge is 0.352 e. The number of carbonyl (C=O) groups excluding carboxylic acids is 1. The van der Waals surface area contributed by atoms with Gasteiger partial charge in [0.05, 0.1) is 6.54 Å². The molecule has 0 spiro atoms. The molecule has 2 rings (SSSR count). The molecule has 0 aromatic heterocycles. The van der Waals surface area contributed by atoms with Gasteiger partial charge in [0.1, 0.15) is 0 Å². The Morgan fingerprint density at radius 1 is 1.16 bits per heavy atom. The van der Waals surface area contributed by atoms with Crippen LogP contribution in [0, 0.1) is 11.8 Å². The second kappa shape index (κ2) is 7.25. The van der Waals surface area contributed by atoms with Crippen LogP contribution in [0.4, 0.5) is 0 Å². The van der Waals surface area contributed by atoms with Crippen molar-refractivity contribution >= 4 is 5.91 Å². The van der Waals surface area contributed by atoms with Crippen LogP contribution in [0.2, 0.25) is 0 Å². The quantitative estimate of drug-likeness (QED) is 0.808. The lowest BCUT2D eigenvalue weighted by Crippen LogP contribution is -2.45. The van der Waals surface area contributed by atoms with Crippen LogP contribution in [0.1, 0.15) is 45.4 Å². The van der Waals surface area contributed by atoms with Crippen molar-refractivity contribution in [2.24, 2.45) is 17.6 Å². The van der Waals surface area contributed by atoms with Crippen LogP contribution in [0.3, 0.4) is 0 Å². The lowest BCUT2D eigenvalue weighted by molar-refractivity contribution is -0.123. The molecule has 0 atom stereocenters. The maximum absolute atomic E-state index is 12.0. The van der Waals surface area contributed by atoms with Crippen molar-refractivity contribution in [1.82, 2.24) is 10.2 Å². The number of nitrogens with two attached hydrogens (primary N) is 1. The zero-order chi connectivity index (χ0) is 13.7. The zero-order valence-corrected chi connectivity index (χ0v) is 12.2. The fourth-order valence-corrected chi connectivity index (χ4v) is 3.26. The molecule has 0 bridgehead atoms. The standard InChI is InChI=1S/C15H29N3O/c1-12-2-4-14(5-3-12)17-15(19)11-18-8-6-13(10-16)7-9-18/h12-14H,2-11,16H2,1H3,(H,17,19). The van der Waals surface area contributed by atoms with E-state index in [1.54, 1.807) is 0 Å². The van der Waals surface area contributed by atoms with E-state index in [0.29, 0.717) is 18.5 Å². The maximum Gasteiger partial charge on any atom is 0.234 e. The molecule has 0 aromatic rings. The van der Waals surface area contributed by atoms with Crippen molar-refractivity contribution in [3.8, 4) is 0 Å². The number of nitrogens with one attached hydrogen (secondary N) is 1. The molecule has 1 saturated heterocycles. The molecule has 2 fully saturated rings. The monoisotopic (exact) mass is 267 g/mol. The van der Waals surface area contributed by atoms with Crippen molar-refractivity contribution in [2.45, 2.75) is 51.5 Å². The lowest BCUT2D eigenvalue weighted by atomic mass is 9.87. The van der Waals surface area contributed by atoms with Gasteiger partial charge >= 0.3 is 0 Å². The van der Waals surface area contributed by atoms with E-state index >= 15 is 0 Å². The summed E-state index contributed by atoms with van der Waals surface area (Å²) in [5.41, 5.74) is 5.69. The van der Waals surface area contributed by atoms with Crippen molar-refractivity contribution in [3.05, 3.63) is 0 Å². The van der Waals surface area contributed by atoms with E-state index in [2.05, 4.69) is 17.1 Å². The minimum atomic E-state index is 0.214. The summed E-state index contributed by atoms with van der Waals surface area (Å²) in [6.45, 7) is 5.72. The molecule has 1 heterocycles. The molecule has 0 aromatic carbocycles. The van der Waals surface area contributed by atoms with Gasteiger partial charge in [-0.15, -0.1) is 0 Å². The molecule has 4 heteroatoms. The Labute approximate surface area is 117 Å². The van der Waals surface area contributed by atoms with Gasteiger partial charge in [0.25, 0.3) is 0 Å². The summed E-state index contributed by atoms with van der Waals surface area (Å²) in [7, 11) is 0. The van der Waals surface area contributed by atoms with Gasteiger partial charge in [-0.25, -0.2) is 0 Å². The molecule has 4 nitrogen and oxygen atoms in total. The third-order valence-electron chi connectivity index (χ3n) is 4.79. The molecule has 1 saturated carbocycles. The molecular weight excluding hydrogens is 238 g/mol. The first-order valence-electron chi connectivity index (χ1n) is 7.89. The number of carbonyl (C=O) groups is 1. The predicted octanol–water partition coefficient (Wildman–Crippen LogP) is 1.35. The van der Waals surface area contributed by atoms with Gasteiger partial charge < -0.3 is 11.1 Å². The van der Waals surface area contributed by atoms with E-state index in [1.807, 2.05) is 0 Å². The average Bonchev–Trinajstić information content (AvgIpc) is 2.42. The topological polar surface area (TPSA) is 58.4 Å². The minimum Gasteiger partial charge on any atom is -0.352 e. The molecule has 1 aliphatic carbocycles. The first-order valence-corrected chi connectivity index (χ1v) is 7.89. The maximum atomic E-state index is 12.0. The lowest BCUT2D eigenvalue weighted by Gasteiger charge is -2.32. The molecule has 110 valence electrons. The van der Waals surface area contributed by atoms with Gasteiger partial charge in [-0.3, -0.25) is 9.69 Å². The third-order valence-corrected chi connectivity index (χ3v) is 4.79. The van der Waals surface area contributed by atoms with E-state index < -0.39 is 0 Å². The molecule has 3 N–H and O–H groups in total. The summed E-state index contributed by atoms with van der Waals surface area (Å²) in [5, 5.41) is 3.21. The van der Waals surface area contributed by atoms with Gasteiger partial charge in [-0.1, -0.05) is 6.92 Å². The van der Waals surface area contributed by atoms with E-state index in [9.17, 15) is 4.79 Å². The highest BCUT2D eigenvalue weighted by Crippen LogP contribution is 2.23. The number of rotatable bonds is 4. The predicted molar refractivity (Wildman–Crippen MR) is 77.8 cm³/mol. The number of amides is 1. The van der Waals surface area contributed by atoms with Crippen molar-refractivity contribution in [2.75, 3.05) is 26.2 Å². The van der Waals surface area contributed by atoms with Gasteiger partial charge in [0, 0.05) is 6.04 Å². The number of likely N-dealkylation sites (tertiary alicyclic amines) is 1. The second-order valence-corrected chi connectivity index (χ2v) is 6.48. The van der Waals surface area contributed by atoms with Gasteiger partial charge in [0.15, 0.2) is 0 Å². The summed E-state index contributed by atoms with van der Waals surface area (Å²) < 4.78 is 0. The fraction of sp³-hybridized carbons (Fsp3) is 0.933. The first-order chi connectivity index (χ1) is 9.17. The molecule has 0 radical (unpaired) electrons. The van der Waals surface area contributed by atoms with Crippen LogP contribution in [-0.4, -0.2) is 43.0 Å². The summed E-state index contributed by atoms with van der Waals surface area (Å²) in [6.07, 6.45) is 7.11. The molecular formula is C15H29N3O. The third kappa shape index (κ3) is 4.77. The molecule has 1 aliphatic heterocycles. The van der Waals surface area contributed by atoms with Crippen molar-refractivity contribution < 1.29 is 4.79 Å². The Morgan fingerprint density at radius 3 is 2.37 bits per heavy atom. The summed E-state index contributed by atoms with van der Waals surface area (Å²) in [6, 6.07) is 0.422. The van der Waals surface area contributed by atoms with Gasteiger partial charge in [-0.2, -0.15) is 0 Å². The van der Waals surface area contributed by atoms with Crippen LogP contribution in [-0.2, 0) is 4.79 Å². The van der Waals surface area contributed by atoms with Crippen LogP contribution < -0.4 is 11.1 Å². The average molecular weight is 267 g/mol. The zero-order valence-electron chi connectivity index (χ0n) is 12.2. The van der Waals surface area contributed by atoms with E-state index in [0.717, 1.165) is 51.2 Å². The SMILES string of the molecule is CC1CCC(NC(=O)CN2CCC(CN)CC2)CC1. The van der Waals surface area contributed by atoms with Crippen LogP contribution in [0.5, 0.6) is 0 Å². The highest BCUT2D eigenvalue weighted by molar-refractivity contribution is 5.78. The molecule has 19 heavy (non-hydrogen) atoms. The number of nitrogens with zero attached hydrogens (tertiary/aromatic N) is 1. The van der Waals surface area contributed by atoms with Gasteiger partial charge in [-0.05, 0) is 70.0 Å². The van der Waals surface area contributed by atoms with Crippen molar-refractivity contribution in [3.63, 3.8) is 0 Å². The number of hydrogen-bond acceptors (Lipinski definition) is 3. The Balaban J connectivity index is 1.64. The highest BCUT2D eigenvalue weighted by atomic mass is 16.2. The van der Waals surface area contributed by atoms with Crippen molar-refractivity contribution in [1.29, 1.82) is 0 Å². The second-order valence-electron chi connectivity index (χ2n) is 6.48. The van der Waals surface area contributed by atoms with E-state index in [1.165, 1.54) is 12.8 Å². The minimum absolute atomic E-state index is 0.214. The smallest absolute Gasteiger partial charge is 0.234 e. The highest BCUT2D eigenvalue weighted by Gasteiger charge is 2.23. The Bertz CT molecular complexity index is 279. The Morgan fingerprint density at radius 2 is 1.79 bits per heavy atom. The molecule has 2 aliphatic rings.